The van der Waals surface area contributed by atoms with Crippen LogP contribution in [-0.4, -0.2) is 47.8 Å². The van der Waals surface area contributed by atoms with Crippen LogP contribution in [0.3, 0.4) is 0 Å². The molecule has 21 heavy (non-hydrogen) atoms. The molecule has 116 valence electrons. The Kier molecular flexibility index (Phi) is 5.59. The summed E-state index contributed by atoms with van der Waals surface area (Å²) in [6.45, 7) is 4.03. The van der Waals surface area contributed by atoms with E-state index in [1.54, 1.807) is 24.3 Å². The number of ether oxygens (including phenoxy) is 1. The predicted octanol–water partition coefficient (Wildman–Crippen LogP) is 1.29. The third-order valence-electron chi connectivity index (χ3n) is 3.80. The highest BCUT2D eigenvalue weighted by Crippen LogP contribution is 2.16. The number of hydrogen-bond donors (Lipinski definition) is 2. The summed E-state index contributed by atoms with van der Waals surface area (Å²) in [5, 5.41) is 9.26. The summed E-state index contributed by atoms with van der Waals surface area (Å²) in [6, 6.07) is 6.26. The topological polar surface area (TPSA) is 75.8 Å². The van der Waals surface area contributed by atoms with Gasteiger partial charge in [0.05, 0.1) is 12.1 Å². The summed E-state index contributed by atoms with van der Waals surface area (Å²) in [6.07, 6.45) is 2.58. The van der Waals surface area contributed by atoms with Crippen molar-refractivity contribution in [1.82, 2.24) is 4.90 Å². The lowest BCUT2D eigenvalue weighted by atomic mass is 10.0. The number of carbonyl (C=O) groups excluding carboxylic acids is 1. The second-order valence-electron chi connectivity index (χ2n) is 5.48. The molecule has 1 amide bonds. The van der Waals surface area contributed by atoms with E-state index in [0.717, 1.165) is 24.9 Å². The molecule has 0 aromatic heterocycles. The van der Waals surface area contributed by atoms with Gasteiger partial charge in [-0.25, -0.2) is 0 Å². The summed E-state index contributed by atoms with van der Waals surface area (Å²) in [7, 11) is 0. The number of hydrogen-bond acceptors (Lipinski definition) is 4. The number of aromatic hydroxyl groups is 1. The van der Waals surface area contributed by atoms with Crippen LogP contribution in [0.5, 0.6) is 5.75 Å². The molecule has 0 radical (unpaired) electrons. The maximum Gasteiger partial charge on any atom is 0.239 e. The van der Waals surface area contributed by atoms with Crippen molar-refractivity contribution < 1.29 is 14.6 Å². The Morgan fingerprint density at radius 1 is 1.48 bits per heavy atom. The van der Waals surface area contributed by atoms with E-state index in [-0.39, 0.29) is 17.8 Å². The average molecular weight is 292 g/mol. The first kappa shape index (κ1) is 15.8. The Bertz CT molecular complexity index is 459. The molecule has 1 aliphatic heterocycles. The Labute approximate surface area is 125 Å². The van der Waals surface area contributed by atoms with Crippen molar-refractivity contribution in [2.45, 2.75) is 38.3 Å². The SMILES string of the molecule is CCOC1CCCN(C(=O)[C@H](N)Cc2ccc(O)cc2)C1. The van der Waals surface area contributed by atoms with E-state index < -0.39 is 6.04 Å². The molecule has 3 N–H and O–H groups in total. The predicted molar refractivity (Wildman–Crippen MR) is 81.0 cm³/mol. The molecule has 0 saturated carbocycles. The lowest BCUT2D eigenvalue weighted by Crippen LogP contribution is -2.50. The van der Waals surface area contributed by atoms with Crippen molar-refractivity contribution in [3.8, 4) is 5.75 Å². The summed E-state index contributed by atoms with van der Waals surface area (Å²) in [5.41, 5.74) is 6.99. The van der Waals surface area contributed by atoms with E-state index in [2.05, 4.69) is 0 Å². The highest BCUT2D eigenvalue weighted by atomic mass is 16.5. The number of nitrogens with two attached hydrogens (primary N) is 1. The lowest BCUT2D eigenvalue weighted by molar-refractivity contribution is -0.136. The Balaban J connectivity index is 1.90. The van der Waals surface area contributed by atoms with Gasteiger partial charge in [0, 0.05) is 19.7 Å². The Morgan fingerprint density at radius 3 is 2.86 bits per heavy atom. The molecule has 1 aliphatic rings. The van der Waals surface area contributed by atoms with Crippen molar-refractivity contribution in [3.05, 3.63) is 29.8 Å². The van der Waals surface area contributed by atoms with Crippen molar-refractivity contribution in [2.75, 3.05) is 19.7 Å². The van der Waals surface area contributed by atoms with Crippen LogP contribution >= 0.6 is 0 Å². The number of benzene rings is 1. The maximum absolute atomic E-state index is 12.4. The third kappa shape index (κ3) is 4.44. The van der Waals surface area contributed by atoms with Gasteiger partial charge in [-0.15, -0.1) is 0 Å². The molecule has 1 unspecified atom stereocenters. The van der Waals surface area contributed by atoms with E-state index in [4.69, 9.17) is 10.5 Å². The molecule has 2 atom stereocenters. The number of rotatable bonds is 5. The summed E-state index contributed by atoms with van der Waals surface area (Å²) in [5.74, 6) is 0.196. The van der Waals surface area contributed by atoms with Gasteiger partial charge in [0.25, 0.3) is 0 Å². The standard InChI is InChI=1S/C16H24N2O3/c1-2-21-14-4-3-9-18(11-14)16(20)15(17)10-12-5-7-13(19)8-6-12/h5-8,14-15,19H,2-4,9-11,17H2,1H3/t14?,15-/m1/s1. The van der Waals surface area contributed by atoms with Gasteiger partial charge in [-0.1, -0.05) is 12.1 Å². The average Bonchev–Trinajstić information content (AvgIpc) is 2.49. The molecular weight excluding hydrogens is 268 g/mol. The first-order valence-electron chi connectivity index (χ1n) is 7.54. The van der Waals surface area contributed by atoms with Crippen molar-refractivity contribution in [2.24, 2.45) is 5.73 Å². The second kappa shape index (κ2) is 7.43. The first-order chi connectivity index (χ1) is 10.1. The number of piperidine rings is 1. The number of amides is 1. The number of carbonyl (C=O) groups is 1. The largest absolute Gasteiger partial charge is 0.508 e. The third-order valence-corrected chi connectivity index (χ3v) is 3.80. The molecule has 5 nitrogen and oxygen atoms in total. The Morgan fingerprint density at radius 2 is 2.19 bits per heavy atom. The quantitative estimate of drug-likeness (QED) is 0.857. The van der Waals surface area contributed by atoms with Crippen LogP contribution in [0.15, 0.2) is 24.3 Å². The molecule has 1 saturated heterocycles. The van der Waals surface area contributed by atoms with Crippen LogP contribution < -0.4 is 5.73 Å². The van der Waals surface area contributed by atoms with Crippen LogP contribution in [0, 0.1) is 0 Å². The molecule has 0 spiro atoms. The molecule has 2 rings (SSSR count). The molecule has 1 heterocycles. The van der Waals surface area contributed by atoms with Gasteiger partial charge in [0.2, 0.25) is 5.91 Å². The summed E-state index contributed by atoms with van der Waals surface area (Å²) in [4.78, 5) is 14.2. The van der Waals surface area contributed by atoms with Gasteiger partial charge >= 0.3 is 0 Å². The number of phenolic OH excluding ortho intramolecular Hbond substituents is 1. The molecule has 0 bridgehead atoms. The number of phenols is 1. The lowest BCUT2D eigenvalue weighted by Gasteiger charge is -2.34. The zero-order chi connectivity index (χ0) is 15.2. The van der Waals surface area contributed by atoms with Gasteiger partial charge in [0.15, 0.2) is 0 Å². The molecule has 1 aromatic rings. The molecule has 5 heteroatoms. The molecule has 1 aromatic carbocycles. The molecule has 0 aliphatic carbocycles. The number of nitrogens with zero attached hydrogens (tertiary/aromatic N) is 1. The highest BCUT2D eigenvalue weighted by molar-refractivity contribution is 5.82. The van der Waals surface area contributed by atoms with Crippen LogP contribution in [0.25, 0.3) is 0 Å². The van der Waals surface area contributed by atoms with E-state index in [1.807, 2.05) is 11.8 Å². The highest BCUT2D eigenvalue weighted by Gasteiger charge is 2.27. The van der Waals surface area contributed by atoms with Crippen molar-refractivity contribution in [3.63, 3.8) is 0 Å². The van der Waals surface area contributed by atoms with Gasteiger partial charge < -0.3 is 20.5 Å². The minimum Gasteiger partial charge on any atom is -0.508 e. The summed E-state index contributed by atoms with van der Waals surface area (Å²) >= 11 is 0. The molecular formula is C16H24N2O3. The fourth-order valence-electron chi connectivity index (χ4n) is 2.72. The normalized spacial score (nSPS) is 20.3. The van der Waals surface area contributed by atoms with Crippen LogP contribution in [0.4, 0.5) is 0 Å². The fraction of sp³-hybridized carbons (Fsp3) is 0.562. The van der Waals surface area contributed by atoms with Crippen molar-refractivity contribution in [1.29, 1.82) is 0 Å². The van der Waals surface area contributed by atoms with Gasteiger partial charge in [-0.05, 0) is 43.9 Å². The second-order valence-corrected chi connectivity index (χ2v) is 5.48. The fourth-order valence-corrected chi connectivity index (χ4v) is 2.72. The van der Waals surface area contributed by atoms with Gasteiger partial charge in [0.1, 0.15) is 5.75 Å². The smallest absolute Gasteiger partial charge is 0.239 e. The minimum atomic E-state index is -0.546. The van der Waals surface area contributed by atoms with E-state index in [1.165, 1.54) is 0 Å². The van der Waals surface area contributed by atoms with E-state index in [0.29, 0.717) is 19.6 Å². The van der Waals surface area contributed by atoms with Crippen molar-refractivity contribution >= 4 is 5.91 Å². The van der Waals surface area contributed by atoms with Crippen LogP contribution in [0.1, 0.15) is 25.3 Å². The zero-order valence-electron chi connectivity index (χ0n) is 12.5. The van der Waals surface area contributed by atoms with E-state index >= 15 is 0 Å². The molecule has 1 fully saturated rings. The van der Waals surface area contributed by atoms with Gasteiger partial charge in [-0.2, -0.15) is 0 Å². The maximum atomic E-state index is 12.4. The van der Waals surface area contributed by atoms with Crippen LogP contribution in [0.2, 0.25) is 0 Å². The minimum absolute atomic E-state index is 0.0209. The monoisotopic (exact) mass is 292 g/mol. The zero-order valence-corrected chi connectivity index (χ0v) is 12.5. The van der Waals surface area contributed by atoms with Crippen LogP contribution in [-0.2, 0) is 16.0 Å². The Hall–Kier alpha value is -1.59. The van der Waals surface area contributed by atoms with E-state index in [9.17, 15) is 9.90 Å². The number of likely N-dealkylation sites (tertiary alicyclic amines) is 1. The first-order valence-corrected chi connectivity index (χ1v) is 7.54. The van der Waals surface area contributed by atoms with Gasteiger partial charge in [-0.3, -0.25) is 4.79 Å². The summed E-state index contributed by atoms with van der Waals surface area (Å²) < 4.78 is 5.61.